The summed E-state index contributed by atoms with van der Waals surface area (Å²) in [6, 6.07) is 5.66. The van der Waals surface area contributed by atoms with Crippen molar-refractivity contribution >= 4 is 23.2 Å². The predicted molar refractivity (Wildman–Crippen MR) is 81.5 cm³/mol. The summed E-state index contributed by atoms with van der Waals surface area (Å²) >= 11 is 11.9. The SMILES string of the molecule is Clc1ccc(CCn2cc(Cn3ccnc3)nn2)cc1Cl. The Morgan fingerprint density at radius 3 is 2.81 bits per heavy atom. The zero-order valence-corrected chi connectivity index (χ0v) is 12.7. The van der Waals surface area contributed by atoms with Crippen molar-refractivity contribution in [1.29, 1.82) is 0 Å². The molecule has 0 spiro atoms. The molecule has 0 aliphatic rings. The molecule has 108 valence electrons. The minimum absolute atomic E-state index is 0.573. The quantitative estimate of drug-likeness (QED) is 0.725. The smallest absolute Gasteiger partial charge is 0.102 e. The lowest BCUT2D eigenvalue weighted by atomic mass is 10.1. The molecule has 0 aliphatic heterocycles. The van der Waals surface area contributed by atoms with Gasteiger partial charge in [0, 0.05) is 18.9 Å². The molecule has 2 heterocycles. The molecule has 2 aromatic heterocycles. The molecule has 0 N–H and O–H groups in total. The van der Waals surface area contributed by atoms with Gasteiger partial charge in [-0.25, -0.2) is 4.98 Å². The normalized spacial score (nSPS) is 11.0. The highest BCUT2D eigenvalue weighted by Crippen LogP contribution is 2.22. The van der Waals surface area contributed by atoms with Crippen LogP contribution in [-0.2, 0) is 19.5 Å². The van der Waals surface area contributed by atoms with Crippen LogP contribution in [0.3, 0.4) is 0 Å². The highest BCUT2D eigenvalue weighted by Gasteiger charge is 2.03. The first-order valence-electron chi connectivity index (χ1n) is 6.49. The van der Waals surface area contributed by atoms with Gasteiger partial charge in [-0.3, -0.25) is 4.68 Å². The van der Waals surface area contributed by atoms with Gasteiger partial charge in [0.15, 0.2) is 0 Å². The number of benzene rings is 1. The topological polar surface area (TPSA) is 48.5 Å². The summed E-state index contributed by atoms with van der Waals surface area (Å²) in [5.41, 5.74) is 2.03. The van der Waals surface area contributed by atoms with Crippen molar-refractivity contribution in [1.82, 2.24) is 24.5 Å². The van der Waals surface area contributed by atoms with Crippen molar-refractivity contribution in [2.45, 2.75) is 19.5 Å². The van der Waals surface area contributed by atoms with Gasteiger partial charge in [-0.2, -0.15) is 0 Å². The molecule has 3 rings (SSSR count). The average molecular weight is 322 g/mol. The van der Waals surface area contributed by atoms with Gasteiger partial charge in [0.05, 0.1) is 29.1 Å². The minimum Gasteiger partial charge on any atom is -0.331 e. The van der Waals surface area contributed by atoms with Crippen LogP contribution in [0.4, 0.5) is 0 Å². The van der Waals surface area contributed by atoms with E-state index in [1.807, 2.05) is 39.8 Å². The summed E-state index contributed by atoms with van der Waals surface area (Å²) in [5.74, 6) is 0. The van der Waals surface area contributed by atoms with Crippen LogP contribution in [0.25, 0.3) is 0 Å². The van der Waals surface area contributed by atoms with Gasteiger partial charge >= 0.3 is 0 Å². The highest BCUT2D eigenvalue weighted by molar-refractivity contribution is 6.42. The third-order valence-corrected chi connectivity index (χ3v) is 3.84. The molecule has 3 aromatic rings. The number of rotatable bonds is 5. The second-order valence-electron chi connectivity index (χ2n) is 4.71. The number of nitrogens with zero attached hydrogens (tertiary/aromatic N) is 5. The van der Waals surface area contributed by atoms with Crippen molar-refractivity contribution in [2.24, 2.45) is 0 Å². The standard InChI is InChI=1S/C14H13Cl2N5/c15-13-2-1-11(7-14(13)16)3-5-21-9-12(18-19-21)8-20-6-4-17-10-20/h1-2,4,6-7,9-10H,3,5,8H2. The van der Waals surface area contributed by atoms with E-state index in [2.05, 4.69) is 15.3 Å². The number of aryl methyl sites for hydroxylation is 2. The van der Waals surface area contributed by atoms with Crippen LogP contribution < -0.4 is 0 Å². The summed E-state index contributed by atoms with van der Waals surface area (Å²) in [5, 5.41) is 9.43. The Balaban J connectivity index is 1.60. The summed E-state index contributed by atoms with van der Waals surface area (Å²) in [6.45, 7) is 1.42. The maximum Gasteiger partial charge on any atom is 0.102 e. The van der Waals surface area contributed by atoms with E-state index in [0.717, 1.165) is 24.2 Å². The highest BCUT2D eigenvalue weighted by atomic mass is 35.5. The zero-order valence-electron chi connectivity index (χ0n) is 11.2. The first-order valence-corrected chi connectivity index (χ1v) is 7.25. The molecule has 21 heavy (non-hydrogen) atoms. The van der Waals surface area contributed by atoms with Crippen LogP contribution in [0.5, 0.6) is 0 Å². The molecule has 0 radical (unpaired) electrons. The Morgan fingerprint density at radius 1 is 1.14 bits per heavy atom. The van der Waals surface area contributed by atoms with Gasteiger partial charge < -0.3 is 4.57 Å². The Morgan fingerprint density at radius 2 is 2.05 bits per heavy atom. The second-order valence-corrected chi connectivity index (χ2v) is 5.52. The summed E-state index contributed by atoms with van der Waals surface area (Å²) < 4.78 is 3.78. The van der Waals surface area contributed by atoms with Gasteiger partial charge in [0.1, 0.15) is 5.69 Å². The van der Waals surface area contributed by atoms with Crippen LogP contribution >= 0.6 is 23.2 Å². The van der Waals surface area contributed by atoms with Crippen molar-refractivity contribution in [3.63, 3.8) is 0 Å². The largest absolute Gasteiger partial charge is 0.331 e. The molecular weight excluding hydrogens is 309 g/mol. The summed E-state index contributed by atoms with van der Waals surface area (Å²) in [6.07, 6.45) is 8.17. The van der Waals surface area contributed by atoms with E-state index in [4.69, 9.17) is 23.2 Å². The van der Waals surface area contributed by atoms with Crippen LogP contribution in [0.2, 0.25) is 10.0 Å². The molecule has 0 saturated heterocycles. The zero-order chi connectivity index (χ0) is 14.7. The molecule has 5 nitrogen and oxygen atoms in total. The fourth-order valence-electron chi connectivity index (χ4n) is 2.03. The third-order valence-electron chi connectivity index (χ3n) is 3.10. The number of hydrogen-bond acceptors (Lipinski definition) is 3. The predicted octanol–water partition coefficient (Wildman–Crippen LogP) is 3.07. The summed E-state index contributed by atoms with van der Waals surface area (Å²) in [4.78, 5) is 4.00. The summed E-state index contributed by atoms with van der Waals surface area (Å²) in [7, 11) is 0. The van der Waals surface area contributed by atoms with Gasteiger partial charge in [-0.05, 0) is 24.1 Å². The number of hydrogen-bond donors (Lipinski definition) is 0. The van der Waals surface area contributed by atoms with Gasteiger partial charge in [0.25, 0.3) is 0 Å². The minimum atomic E-state index is 0.573. The molecule has 0 unspecified atom stereocenters. The molecule has 0 fully saturated rings. The molecule has 0 bridgehead atoms. The van der Waals surface area contributed by atoms with E-state index in [0.29, 0.717) is 16.6 Å². The van der Waals surface area contributed by atoms with E-state index in [1.54, 1.807) is 12.5 Å². The van der Waals surface area contributed by atoms with Crippen molar-refractivity contribution < 1.29 is 0 Å². The molecule has 0 atom stereocenters. The molecule has 0 aliphatic carbocycles. The van der Waals surface area contributed by atoms with E-state index >= 15 is 0 Å². The van der Waals surface area contributed by atoms with Crippen LogP contribution in [0, 0.1) is 0 Å². The third kappa shape index (κ3) is 3.62. The van der Waals surface area contributed by atoms with Crippen LogP contribution in [0.1, 0.15) is 11.3 Å². The lowest BCUT2D eigenvalue weighted by molar-refractivity contribution is 0.589. The Bertz CT molecular complexity index is 721. The lowest BCUT2D eigenvalue weighted by Crippen LogP contribution is -2.02. The second kappa shape index (κ2) is 6.28. The van der Waals surface area contributed by atoms with Crippen molar-refractivity contribution in [2.75, 3.05) is 0 Å². The Hall–Kier alpha value is -1.85. The number of imidazole rings is 1. The molecular formula is C14H13Cl2N5. The number of aromatic nitrogens is 5. The Kier molecular flexibility index (Phi) is 4.22. The number of halogens is 2. The fraction of sp³-hybridized carbons (Fsp3) is 0.214. The van der Waals surface area contributed by atoms with Gasteiger partial charge in [-0.1, -0.05) is 34.5 Å². The monoisotopic (exact) mass is 321 g/mol. The van der Waals surface area contributed by atoms with Crippen LogP contribution in [-0.4, -0.2) is 24.5 Å². The molecule has 7 heteroatoms. The van der Waals surface area contributed by atoms with E-state index < -0.39 is 0 Å². The Labute approximate surface area is 132 Å². The maximum atomic E-state index is 6.00. The maximum absolute atomic E-state index is 6.00. The van der Waals surface area contributed by atoms with Gasteiger partial charge in [0.2, 0.25) is 0 Å². The van der Waals surface area contributed by atoms with Crippen molar-refractivity contribution in [3.05, 3.63) is 64.4 Å². The van der Waals surface area contributed by atoms with Crippen molar-refractivity contribution in [3.8, 4) is 0 Å². The van der Waals surface area contributed by atoms with E-state index in [-0.39, 0.29) is 0 Å². The molecule has 1 aromatic carbocycles. The average Bonchev–Trinajstić information content (AvgIpc) is 3.13. The first kappa shape index (κ1) is 14.1. The van der Waals surface area contributed by atoms with Crippen LogP contribution in [0.15, 0.2) is 43.1 Å². The van der Waals surface area contributed by atoms with Gasteiger partial charge in [-0.15, -0.1) is 5.10 Å². The van der Waals surface area contributed by atoms with E-state index in [9.17, 15) is 0 Å². The fourth-order valence-corrected chi connectivity index (χ4v) is 2.35. The first-order chi connectivity index (χ1) is 10.2. The molecule has 0 amide bonds. The molecule has 0 saturated carbocycles. The lowest BCUT2D eigenvalue weighted by Gasteiger charge is -2.03. The van der Waals surface area contributed by atoms with E-state index in [1.165, 1.54) is 0 Å².